The van der Waals surface area contributed by atoms with E-state index in [1.54, 1.807) is 17.0 Å². The van der Waals surface area contributed by atoms with Gasteiger partial charge in [-0.1, -0.05) is 31.2 Å². The topological polar surface area (TPSA) is 114 Å². The molecule has 3 amide bonds. The Labute approximate surface area is 202 Å². The van der Waals surface area contributed by atoms with Crippen LogP contribution in [0.1, 0.15) is 30.9 Å². The number of piperidine rings is 1. The van der Waals surface area contributed by atoms with E-state index in [-0.39, 0.29) is 57.1 Å². The summed E-state index contributed by atoms with van der Waals surface area (Å²) in [6, 6.07) is 11.0. The van der Waals surface area contributed by atoms with Crippen molar-refractivity contribution in [2.75, 3.05) is 31.6 Å². The molecule has 0 unspecified atom stereocenters. The minimum Gasteiger partial charge on any atom is -0.448 e. The van der Waals surface area contributed by atoms with Gasteiger partial charge in [-0.15, -0.1) is 0 Å². The Kier molecular flexibility index (Phi) is 8.75. The molecular weight excluding hydrogens is 458 g/mol. The molecule has 0 saturated carbocycles. The summed E-state index contributed by atoms with van der Waals surface area (Å²) in [5.41, 5.74) is 5.97. The molecule has 188 valence electrons. The van der Waals surface area contributed by atoms with Crippen LogP contribution in [0.25, 0.3) is 0 Å². The maximum Gasteiger partial charge on any atom is 0.411 e. The number of anilines is 1. The Morgan fingerprint density at radius 2 is 1.77 bits per heavy atom. The Morgan fingerprint density at radius 1 is 1.09 bits per heavy atom. The standard InChI is InChI=1S/C25H30F2N4O4/c1-2-17-6-8-19(9-7-17)30-24(34)35-16-25(10-12-31(13-11-25)21(32)14-28)23(33)29-15-18-4-3-5-20(26)22(18)27/h3-9H,2,10-16,28H2,1H3,(H,29,33)(H,30,34). The number of hydrogen-bond acceptors (Lipinski definition) is 5. The Hall–Kier alpha value is -3.53. The molecule has 4 N–H and O–H groups in total. The normalized spacial score (nSPS) is 14.8. The second-order valence-electron chi connectivity index (χ2n) is 8.51. The number of ether oxygens (including phenoxy) is 1. The molecule has 0 bridgehead atoms. The molecule has 2 aromatic rings. The lowest BCUT2D eigenvalue weighted by Gasteiger charge is -2.40. The number of rotatable bonds is 8. The molecule has 1 saturated heterocycles. The molecule has 1 fully saturated rings. The molecule has 2 aromatic carbocycles. The Morgan fingerprint density at radius 3 is 2.40 bits per heavy atom. The Balaban J connectivity index is 1.67. The summed E-state index contributed by atoms with van der Waals surface area (Å²) < 4.78 is 32.9. The maximum atomic E-state index is 14.0. The van der Waals surface area contributed by atoms with Crippen molar-refractivity contribution in [3.63, 3.8) is 0 Å². The van der Waals surface area contributed by atoms with Gasteiger partial charge in [0.2, 0.25) is 11.8 Å². The van der Waals surface area contributed by atoms with Gasteiger partial charge in [0.25, 0.3) is 0 Å². The molecule has 10 heteroatoms. The summed E-state index contributed by atoms with van der Waals surface area (Å²) in [4.78, 5) is 39.1. The van der Waals surface area contributed by atoms with Gasteiger partial charge >= 0.3 is 6.09 Å². The van der Waals surface area contributed by atoms with Crippen LogP contribution in [0.2, 0.25) is 0 Å². The number of nitrogens with one attached hydrogen (secondary N) is 2. The van der Waals surface area contributed by atoms with Crippen LogP contribution in [0, 0.1) is 17.0 Å². The number of hydrogen-bond donors (Lipinski definition) is 3. The molecule has 1 aliphatic rings. The highest BCUT2D eigenvalue weighted by molar-refractivity contribution is 5.86. The zero-order valence-electron chi connectivity index (χ0n) is 19.6. The van der Waals surface area contributed by atoms with E-state index in [4.69, 9.17) is 10.5 Å². The minimum atomic E-state index is -1.14. The van der Waals surface area contributed by atoms with Crippen molar-refractivity contribution in [1.82, 2.24) is 10.2 Å². The van der Waals surface area contributed by atoms with Crippen molar-refractivity contribution < 1.29 is 27.9 Å². The van der Waals surface area contributed by atoms with Gasteiger partial charge in [0.1, 0.15) is 6.61 Å². The van der Waals surface area contributed by atoms with Crippen LogP contribution in [0.15, 0.2) is 42.5 Å². The zero-order chi connectivity index (χ0) is 25.4. The van der Waals surface area contributed by atoms with Crippen LogP contribution in [-0.2, 0) is 27.3 Å². The fourth-order valence-electron chi connectivity index (χ4n) is 3.98. The van der Waals surface area contributed by atoms with Gasteiger partial charge in [-0.3, -0.25) is 14.9 Å². The van der Waals surface area contributed by atoms with Crippen LogP contribution in [-0.4, -0.2) is 49.0 Å². The number of nitrogens with zero attached hydrogens (tertiary/aromatic N) is 1. The van der Waals surface area contributed by atoms with Crippen LogP contribution in [0.5, 0.6) is 0 Å². The number of halogens is 2. The fourth-order valence-corrected chi connectivity index (χ4v) is 3.98. The fraction of sp³-hybridized carbons (Fsp3) is 0.400. The second kappa shape index (κ2) is 11.7. The number of benzene rings is 2. The van der Waals surface area contributed by atoms with Gasteiger partial charge in [0.15, 0.2) is 11.6 Å². The van der Waals surface area contributed by atoms with Crippen LogP contribution < -0.4 is 16.4 Å². The van der Waals surface area contributed by atoms with Crippen LogP contribution >= 0.6 is 0 Å². The maximum absolute atomic E-state index is 14.0. The number of amides is 3. The van der Waals surface area contributed by atoms with Crippen LogP contribution in [0.4, 0.5) is 19.3 Å². The van der Waals surface area contributed by atoms with Crippen LogP contribution in [0.3, 0.4) is 0 Å². The smallest absolute Gasteiger partial charge is 0.411 e. The highest BCUT2D eigenvalue weighted by Gasteiger charge is 2.43. The van der Waals surface area contributed by atoms with Crippen molar-refractivity contribution in [2.24, 2.45) is 11.1 Å². The van der Waals surface area contributed by atoms with Gasteiger partial charge in [0.05, 0.1) is 12.0 Å². The number of likely N-dealkylation sites (tertiary alicyclic amines) is 1. The number of aryl methyl sites for hydroxylation is 1. The van der Waals surface area contributed by atoms with E-state index in [2.05, 4.69) is 10.6 Å². The molecule has 35 heavy (non-hydrogen) atoms. The highest BCUT2D eigenvalue weighted by Crippen LogP contribution is 2.33. The summed E-state index contributed by atoms with van der Waals surface area (Å²) in [6.45, 7) is 1.91. The molecular formula is C25H30F2N4O4. The predicted octanol–water partition coefficient (Wildman–Crippen LogP) is 2.96. The van der Waals surface area contributed by atoms with Gasteiger partial charge in [0, 0.05) is 30.9 Å². The third-order valence-electron chi connectivity index (χ3n) is 6.29. The van der Waals surface area contributed by atoms with E-state index in [1.165, 1.54) is 12.1 Å². The number of carbonyl (C=O) groups excluding carboxylic acids is 3. The molecule has 3 rings (SSSR count). The number of nitrogens with two attached hydrogens (primary N) is 1. The molecule has 0 aromatic heterocycles. The summed E-state index contributed by atoms with van der Waals surface area (Å²) in [7, 11) is 0. The third-order valence-corrected chi connectivity index (χ3v) is 6.29. The van der Waals surface area contributed by atoms with Crippen molar-refractivity contribution >= 4 is 23.6 Å². The molecule has 0 radical (unpaired) electrons. The average Bonchev–Trinajstić information content (AvgIpc) is 2.88. The lowest BCUT2D eigenvalue weighted by molar-refractivity contribution is -0.142. The lowest BCUT2D eigenvalue weighted by Crippen LogP contribution is -2.53. The quantitative estimate of drug-likeness (QED) is 0.529. The molecule has 1 aliphatic heterocycles. The van der Waals surface area contributed by atoms with E-state index in [0.717, 1.165) is 18.1 Å². The molecule has 1 heterocycles. The first-order chi connectivity index (χ1) is 16.8. The summed E-state index contributed by atoms with van der Waals surface area (Å²) in [5, 5.41) is 5.27. The third kappa shape index (κ3) is 6.54. The molecule has 0 aliphatic carbocycles. The molecule has 8 nitrogen and oxygen atoms in total. The number of carbonyl (C=O) groups is 3. The van der Waals surface area contributed by atoms with Gasteiger partial charge < -0.3 is 20.7 Å². The van der Waals surface area contributed by atoms with E-state index in [1.807, 2.05) is 19.1 Å². The van der Waals surface area contributed by atoms with Crippen molar-refractivity contribution in [3.8, 4) is 0 Å². The van der Waals surface area contributed by atoms with E-state index in [9.17, 15) is 23.2 Å². The van der Waals surface area contributed by atoms with E-state index < -0.39 is 29.0 Å². The predicted molar refractivity (Wildman–Crippen MR) is 126 cm³/mol. The largest absolute Gasteiger partial charge is 0.448 e. The van der Waals surface area contributed by atoms with Gasteiger partial charge in [-0.25, -0.2) is 13.6 Å². The molecule has 0 spiro atoms. The van der Waals surface area contributed by atoms with Gasteiger partial charge in [-0.05, 0) is 43.0 Å². The van der Waals surface area contributed by atoms with E-state index in [0.29, 0.717) is 5.69 Å². The first-order valence-electron chi connectivity index (χ1n) is 11.5. The van der Waals surface area contributed by atoms with Crippen molar-refractivity contribution in [3.05, 3.63) is 65.2 Å². The highest BCUT2D eigenvalue weighted by atomic mass is 19.2. The van der Waals surface area contributed by atoms with E-state index >= 15 is 0 Å². The zero-order valence-corrected chi connectivity index (χ0v) is 19.6. The average molecular weight is 489 g/mol. The van der Waals surface area contributed by atoms with Crippen molar-refractivity contribution in [1.29, 1.82) is 0 Å². The monoisotopic (exact) mass is 488 g/mol. The SMILES string of the molecule is CCc1ccc(NC(=O)OCC2(C(=O)NCc3cccc(F)c3F)CCN(C(=O)CN)CC2)cc1. The second-order valence-corrected chi connectivity index (χ2v) is 8.51. The molecule has 0 atom stereocenters. The minimum absolute atomic E-state index is 0.00145. The first-order valence-corrected chi connectivity index (χ1v) is 11.5. The van der Waals surface area contributed by atoms with Crippen molar-refractivity contribution in [2.45, 2.75) is 32.7 Å². The summed E-state index contributed by atoms with van der Waals surface area (Å²) >= 11 is 0. The first kappa shape index (κ1) is 26.1. The summed E-state index contributed by atoms with van der Waals surface area (Å²) in [6.07, 6.45) is 0.577. The van der Waals surface area contributed by atoms with Gasteiger partial charge in [-0.2, -0.15) is 0 Å². The Bertz CT molecular complexity index is 1050. The lowest BCUT2D eigenvalue weighted by atomic mass is 9.78. The summed E-state index contributed by atoms with van der Waals surface area (Å²) in [5.74, 6) is -2.75.